The number of hydrogen-bond acceptors (Lipinski definition) is 8. The molecular formula is C21H21F3N4O5S. The third-order valence-corrected chi connectivity index (χ3v) is 6.40. The van der Waals surface area contributed by atoms with Crippen LogP contribution in [0.5, 0.6) is 0 Å². The average Bonchev–Trinajstić information content (AvgIpc) is 3.25. The first-order valence-electron chi connectivity index (χ1n) is 10.4. The molecule has 13 heteroatoms. The molecule has 1 aliphatic carbocycles. The number of benzene rings is 1. The minimum atomic E-state index is -5.74. The summed E-state index contributed by atoms with van der Waals surface area (Å²) >= 11 is 0. The Morgan fingerprint density at radius 2 is 1.94 bits per heavy atom. The summed E-state index contributed by atoms with van der Waals surface area (Å²) in [6.07, 6.45) is 2.70. The lowest BCUT2D eigenvalue weighted by Gasteiger charge is -2.24. The molecule has 0 saturated carbocycles. The molecule has 2 heterocycles. The van der Waals surface area contributed by atoms with Gasteiger partial charge in [-0.1, -0.05) is 30.3 Å². The van der Waals surface area contributed by atoms with Gasteiger partial charge in [-0.05, 0) is 18.4 Å². The van der Waals surface area contributed by atoms with Crippen molar-refractivity contribution in [2.24, 2.45) is 0 Å². The number of carbonyl (C=O) groups is 1. The van der Waals surface area contributed by atoms with E-state index >= 15 is 0 Å². The predicted molar refractivity (Wildman–Crippen MR) is 115 cm³/mol. The van der Waals surface area contributed by atoms with Crippen molar-refractivity contribution in [3.63, 3.8) is 0 Å². The van der Waals surface area contributed by atoms with E-state index in [1.54, 1.807) is 0 Å². The summed E-state index contributed by atoms with van der Waals surface area (Å²) < 4.78 is 69.9. The zero-order valence-electron chi connectivity index (χ0n) is 17.8. The van der Waals surface area contributed by atoms with Gasteiger partial charge in [0, 0.05) is 31.1 Å². The van der Waals surface area contributed by atoms with E-state index in [1.807, 2.05) is 35.2 Å². The number of aromatic nitrogens is 2. The Hall–Kier alpha value is -3.35. The molecule has 4 rings (SSSR count). The SMILES string of the molecule is O=C(N[C@@H]1CCN(c2ncnc3c2CCC(OS(=O)(=O)C(F)(F)F)=C3)C1)OCc1ccccc1. The number of nitrogens with one attached hydrogen (secondary N) is 1. The molecule has 0 bridgehead atoms. The van der Waals surface area contributed by atoms with Gasteiger partial charge in [0.05, 0.1) is 11.7 Å². The summed E-state index contributed by atoms with van der Waals surface area (Å²) in [5, 5.41) is 2.82. The number of halogens is 3. The molecular weight excluding hydrogens is 477 g/mol. The van der Waals surface area contributed by atoms with Gasteiger partial charge in [0.25, 0.3) is 0 Å². The van der Waals surface area contributed by atoms with Gasteiger partial charge < -0.3 is 19.1 Å². The van der Waals surface area contributed by atoms with E-state index in [0.717, 1.165) is 5.56 Å². The second-order valence-electron chi connectivity index (χ2n) is 7.79. The molecule has 1 aromatic carbocycles. The van der Waals surface area contributed by atoms with Gasteiger partial charge in [0.15, 0.2) is 0 Å². The maximum absolute atomic E-state index is 12.6. The number of alkyl carbamates (subject to hydrolysis) is 1. The number of fused-ring (bicyclic) bond motifs is 1. The quantitative estimate of drug-likeness (QED) is 0.478. The summed E-state index contributed by atoms with van der Waals surface area (Å²) in [4.78, 5) is 22.4. The lowest BCUT2D eigenvalue weighted by molar-refractivity contribution is -0.0522. The largest absolute Gasteiger partial charge is 0.534 e. The van der Waals surface area contributed by atoms with E-state index in [1.165, 1.54) is 12.4 Å². The smallest absolute Gasteiger partial charge is 0.445 e. The molecule has 2 aromatic rings. The average molecular weight is 498 g/mol. The fourth-order valence-electron chi connectivity index (χ4n) is 3.78. The Bertz CT molecular complexity index is 1190. The summed E-state index contributed by atoms with van der Waals surface area (Å²) in [7, 11) is -5.74. The van der Waals surface area contributed by atoms with Crippen LogP contribution in [0, 0.1) is 0 Å². The molecule has 1 fully saturated rings. The molecule has 2 aliphatic rings. The minimum absolute atomic E-state index is 0.0516. The maximum atomic E-state index is 12.6. The van der Waals surface area contributed by atoms with Crippen molar-refractivity contribution in [2.45, 2.75) is 37.4 Å². The zero-order chi connectivity index (χ0) is 24.3. The first-order chi connectivity index (χ1) is 16.1. The van der Waals surface area contributed by atoms with Crippen molar-refractivity contribution in [1.82, 2.24) is 15.3 Å². The van der Waals surface area contributed by atoms with E-state index in [0.29, 0.717) is 36.6 Å². The number of ether oxygens (including phenoxy) is 1. The van der Waals surface area contributed by atoms with E-state index in [4.69, 9.17) is 4.74 Å². The van der Waals surface area contributed by atoms with Crippen LogP contribution in [0.4, 0.5) is 23.8 Å². The molecule has 34 heavy (non-hydrogen) atoms. The van der Waals surface area contributed by atoms with Crippen molar-refractivity contribution in [1.29, 1.82) is 0 Å². The second-order valence-corrected chi connectivity index (χ2v) is 9.33. The number of amides is 1. The molecule has 1 atom stereocenters. The highest BCUT2D eigenvalue weighted by molar-refractivity contribution is 7.87. The Balaban J connectivity index is 1.38. The maximum Gasteiger partial charge on any atom is 0.534 e. The van der Waals surface area contributed by atoms with Crippen LogP contribution < -0.4 is 10.2 Å². The topological polar surface area (TPSA) is 111 Å². The van der Waals surface area contributed by atoms with Crippen LogP contribution in [-0.4, -0.2) is 49.1 Å². The normalized spacial score (nSPS) is 18.1. The van der Waals surface area contributed by atoms with Crippen molar-refractivity contribution in [2.75, 3.05) is 18.0 Å². The molecule has 1 saturated heterocycles. The zero-order valence-corrected chi connectivity index (χ0v) is 18.6. The molecule has 182 valence electrons. The number of carbonyl (C=O) groups excluding carboxylic acids is 1. The molecule has 0 radical (unpaired) electrons. The molecule has 1 aliphatic heterocycles. The van der Waals surface area contributed by atoms with E-state index in [9.17, 15) is 26.4 Å². The lowest BCUT2D eigenvalue weighted by Crippen LogP contribution is -2.37. The van der Waals surface area contributed by atoms with Crippen LogP contribution in [-0.2, 0) is 32.1 Å². The monoisotopic (exact) mass is 498 g/mol. The van der Waals surface area contributed by atoms with Gasteiger partial charge in [-0.15, -0.1) is 0 Å². The van der Waals surface area contributed by atoms with E-state index < -0.39 is 21.7 Å². The highest BCUT2D eigenvalue weighted by Gasteiger charge is 2.49. The molecule has 0 spiro atoms. The summed E-state index contributed by atoms with van der Waals surface area (Å²) in [6, 6.07) is 9.11. The first-order valence-corrected chi connectivity index (χ1v) is 11.8. The first kappa shape index (κ1) is 23.8. The highest BCUT2D eigenvalue weighted by Crippen LogP contribution is 2.34. The van der Waals surface area contributed by atoms with Gasteiger partial charge in [0.1, 0.15) is 24.5 Å². The summed E-state index contributed by atoms with van der Waals surface area (Å²) in [5.41, 5.74) is -3.67. The fraction of sp³-hybridized carbons (Fsp3) is 0.381. The van der Waals surface area contributed by atoms with Crippen molar-refractivity contribution in [3.8, 4) is 0 Å². The number of hydrogen-bond donors (Lipinski definition) is 1. The Morgan fingerprint density at radius 1 is 1.18 bits per heavy atom. The molecule has 1 aromatic heterocycles. The number of allylic oxidation sites excluding steroid dienone is 1. The lowest BCUT2D eigenvalue weighted by atomic mass is 10.0. The Morgan fingerprint density at radius 3 is 2.68 bits per heavy atom. The van der Waals surface area contributed by atoms with E-state index in [-0.39, 0.29) is 31.2 Å². The van der Waals surface area contributed by atoms with Crippen LogP contribution in [0.2, 0.25) is 0 Å². The molecule has 9 nitrogen and oxygen atoms in total. The summed E-state index contributed by atoms with van der Waals surface area (Å²) in [5.74, 6) is 0.248. The molecule has 0 unspecified atom stereocenters. The molecule has 1 N–H and O–H groups in total. The number of nitrogens with zero attached hydrogens (tertiary/aromatic N) is 3. The van der Waals surface area contributed by atoms with Crippen LogP contribution >= 0.6 is 0 Å². The van der Waals surface area contributed by atoms with Crippen LogP contribution in [0.1, 0.15) is 29.7 Å². The number of rotatable bonds is 6. The Kier molecular flexibility index (Phi) is 6.64. The fourth-order valence-corrected chi connectivity index (χ4v) is 4.29. The van der Waals surface area contributed by atoms with Gasteiger partial charge >= 0.3 is 21.7 Å². The number of anilines is 1. The third kappa shape index (κ3) is 5.41. The van der Waals surface area contributed by atoms with Crippen molar-refractivity contribution in [3.05, 3.63) is 59.2 Å². The van der Waals surface area contributed by atoms with Gasteiger partial charge in [0.2, 0.25) is 0 Å². The number of alkyl halides is 3. The molecule has 1 amide bonds. The van der Waals surface area contributed by atoms with Crippen molar-refractivity contribution < 1.29 is 35.3 Å². The highest BCUT2D eigenvalue weighted by atomic mass is 32.2. The van der Waals surface area contributed by atoms with Crippen LogP contribution in [0.15, 0.2) is 42.4 Å². The van der Waals surface area contributed by atoms with E-state index in [2.05, 4.69) is 19.5 Å². The van der Waals surface area contributed by atoms with Gasteiger partial charge in [-0.3, -0.25) is 0 Å². The van der Waals surface area contributed by atoms with Gasteiger partial charge in [-0.25, -0.2) is 14.8 Å². The summed E-state index contributed by atoms with van der Waals surface area (Å²) in [6.45, 7) is 1.20. The van der Waals surface area contributed by atoms with Crippen molar-refractivity contribution >= 4 is 28.1 Å². The van der Waals surface area contributed by atoms with Crippen LogP contribution in [0.25, 0.3) is 6.08 Å². The predicted octanol–water partition coefficient (Wildman–Crippen LogP) is 3.14. The standard InChI is InChI=1S/C21H21F3N4O5S/c22-21(23,24)34(30,31)33-16-6-7-17-18(10-16)25-13-26-19(17)28-9-8-15(11-28)27-20(29)32-12-14-4-2-1-3-5-14/h1-5,10,13,15H,6-9,11-12H2,(H,27,29)/t15-/m1/s1. The van der Waals surface area contributed by atoms with Gasteiger partial charge in [-0.2, -0.15) is 21.6 Å². The Labute approximate surface area is 193 Å². The minimum Gasteiger partial charge on any atom is -0.445 e. The van der Waals surface area contributed by atoms with Crippen LogP contribution in [0.3, 0.4) is 0 Å². The third-order valence-electron chi connectivity index (χ3n) is 5.40. The second kappa shape index (κ2) is 9.49.